The summed E-state index contributed by atoms with van der Waals surface area (Å²) >= 11 is 0. The van der Waals surface area contributed by atoms with Gasteiger partial charge in [0.15, 0.2) is 5.96 Å². The fraction of sp³-hybridized carbons (Fsp3) is 0.348. The molecule has 0 aliphatic rings. The first kappa shape index (κ1) is 24.6. The van der Waals surface area contributed by atoms with Crippen LogP contribution in [0.4, 0.5) is 0 Å². The predicted octanol–water partition coefficient (Wildman–Crippen LogP) is 4.44. The van der Waals surface area contributed by atoms with Crippen molar-refractivity contribution in [1.29, 1.82) is 0 Å². The van der Waals surface area contributed by atoms with Gasteiger partial charge in [-0.15, -0.1) is 24.0 Å². The summed E-state index contributed by atoms with van der Waals surface area (Å²) in [4.78, 5) is 8.75. The molecule has 166 valence electrons. The highest BCUT2D eigenvalue weighted by Crippen LogP contribution is 2.20. The van der Waals surface area contributed by atoms with Gasteiger partial charge in [-0.25, -0.2) is 0 Å². The lowest BCUT2D eigenvalue weighted by molar-refractivity contribution is 0.374. The molecule has 2 N–H and O–H groups in total. The topological polar surface area (TPSA) is 84.6 Å². The van der Waals surface area contributed by atoms with E-state index < -0.39 is 0 Å². The number of hydrogen-bond donors (Lipinski definition) is 2. The number of hydrogen-bond acceptors (Lipinski definition) is 5. The van der Waals surface area contributed by atoms with Gasteiger partial charge in [0.05, 0.1) is 7.11 Å². The standard InChI is InChI=1S/C23H29N5O2.HI/c1-24-23(26-17-18-9-5-3-6-10-18)25-16-8-4-7-11-21-27-22(28-30-21)19-12-14-20(29-2)15-13-19;/h3,5-6,9-10,12-15H,4,7-8,11,16-17H2,1-2H3,(H2,24,25,26);1H. The van der Waals surface area contributed by atoms with Crippen LogP contribution in [0.3, 0.4) is 0 Å². The van der Waals surface area contributed by atoms with Crippen molar-refractivity contribution in [2.75, 3.05) is 20.7 Å². The Hall–Kier alpha value is -2.62. The van der Waals surface area contributed by atoms with Crippen LogP contribution in [0.5, 0.6) is 5.75 Å². The number of methoxy groups -OCH3 is 1. The fourth-order valence-corrected chi connectivity index (χ4v) is 3.00. The number of nitrogens with zero attached hydrogens (tertiary/aromatic N) is 3. The monoisotopic (exact) mass is 535 g/mol. The molecule has 0 bridgehead atoms. The van der Waals surface area contributed by atoms with Crippen LogP contribution in [-0.2, 0) is 13.0 Å². The minimum Gasteiger partial charge on any atom is -0.497 e. The van der Waals surface area contributed by atoms with E-state index in [2.05, 4.69) is 37.9 Å². The highest BCUT2D eigenvalue weighted by atomic mass is 127. The molecule has 0 saturated heterocycles. The van der Waals surface area contributed by atoms with Gasteiger partial charge in [0.1, 0.15) is 5.75 Å². The van der Waals surface area contributed by atoms with Gasteiger partial charge in [0.2, 0.25) is 11.7 Å². The van der Waals surface area contributed by atoms with Gasteiger partial charge in [0.25, 0.3) is 0 Å². The zero-order valence-electron chi connectivity index (χ0n) is 18.0. The minimum absolute atomic E-state index is 0. The number of nitrogens with one attached hydrogen (secondary N) is 2. The molecule has 31 heavy (non-hydrogen) atoms. The Morgan fingerprint density at radius 3 is 2.48 bits per heavy atom. The van der Waals surface area contributed by atoms with Crippen LogP contribution in [-0.4, -0.2) is 36.8 Å². The number of rotatable bonds is 10. The maximum absolute atomic E-state index is 5.37. The maximum atomic E-state index is 5.37. The molecule has 1 aromatic heterocycles. The molecule has 0 saturated carbocycles. The minimum atomic E-state index is 0. The Bertz CT molecular complexity index is 913. The van der Waals surface area contributed by atoms with E-state index in [1.165, 1.54) is 5.56 Å². The SMILES string of the molecule is CN=C(NCCCCCc1nc(-c2ccc(OC)cc2)no1)NCc1ccccc1.I. The van der Waals surface area contributed by atoms with Gasteiger partial charge >= 0.3 is 0 Å². The number of ether oxygens (including phenoxy) is 1. The van der Waals surface area contributed by atoms with E-state index in [4.69, 9.17) is 9.26 Å². The molecule has 2 aromatic carbocycles. The number of guanidine groups is 1. The molecule has 0 aliphatic heterocycles. The summed E-state index contributed by atoms with van der Waals surface area (Å²) in [7, 11) is 3.43. The molecular formula is C23H30IN5O2. The van der Waals surface area contributed by atoms with E-state index in [0.29, 0.717) is 11.7 Å². The van der Waals surface area contributed by atoms with Gasteiger partial charge in [-0.3, -0.25) is 4.99 Å². The number of unbranched alkanes of at least 4 members (excludes halogenated alkanes) is 2. The van der Waals surface area contributed by atoms with Gasteiger partial charge in [-0.1, -0.05) is 41.9 Å². The van der Waals surface area contributed by atoms with Gasteiger partial charge < -0.3 is 19.9 Å². The van der Waals surface area contributed by atoms with Crippen LogP contribution >= 0.6 is 24.0 Å². The zero-order valence-corrected chi connectivity index (χ0v) is 20.3. The lowest BCUT2D eigenvalue weighted by atomic mass is 10.2. The Morgan fingerprint density at radius 2 is 1.77 bits per heavy atom. The second kappa shape index (κ2) is 13.6. The largest absolute Gasteiger partial charge is 0.497 e. The quantitative estimate of drug-likeness (QED) is 0.173. The number of halogens is 1. The number of aliphatic imine (C=N–C) groups is 1. The van der Waals surface area contributed by atoms with Crippen molar-refractivity contribution in [1.82, 2.24) is 20.8 Å². The molecular weight excluding hydrogens is 505 g/mol. The van der Waals surface area contributed by atoms with Crippen molar-refractivity contribution in [3.05, 3.63) is 66.1 Å². The number of benzene rings is 2. The summed E-state index contributed by atoms with van der Waals surface area (Å²) in [5.74, 6) is 2.92. The molecule has 7 nitrogen and oxygen atoms in total. The van der Waals surface area contributed by atoms with Crippen LogP contribution in [0.15, 0.2) is 64.1 Å². The van der Waals surface area contributed by atoms with Crippen molar-refractivity contribution >= 4 is 29.9 Å². The summed E-state index contributed by atoms with van der Waals surface area (Å²) in [6, 6.07) is 17.9. The van der Waals surface area contributed by atoms with Gasteiger partial charge in [-0.05, 0) is 42.7 Å². The van der Waals surface area contributed by atoms with Crippen LogP contribution in [0.1, 0.15) is 30.7 Å². The summed E-state index contributed by atoms with van der Waals surface area (Å²) in [5, 5.41) is 10.7. The smallest absolute Gasteiger partial charge is 0.226 e. The second-order valence-electron chi connectivity index (χ2n) is 6.89. The van der Waals surface area contributed by atoms with E-state index in [9.17, 15) is 0 Å². The summed E-state index contributed by atoms with van der Waals surface area (Å²) in [5.41, 5.74) is 2.15. The normalized spacial score (nSPS) is 11.0. The number of aromatic nitrogens is 2. The van der Waals surface area contributed by atoms with Crippen LogP contribution < -0.4 is 15.4 Å². The zero-order chi connectivity index (χ0) is 21.0. The lowest BCUT2D eigenvalue weighted by Gasteiger charge is -2.11. The van der Waals surface area contributed by atoms with Crippen LogP contribution in [0.2, 0.25) is 0 Å². The third-order valence-corrected chi connectivity index (χ3v) is 4.70. The average Bonchev–Trinajstić information content (AvgIpc) is 3.28. The molecule has 0 atom stereocenters. The molecule has 3 rings (SSSR count). The summed E-state index contributed by atoms with van der Waals surface area (Å²) in [6.07, 6.45) is 3.90. The van der Waals surface area contributed by atoms with E-state index in [-0.39, 0.29) is 24.0 Å². The molecule has 0 fully saturated rings. The second-order valence-corrected chi connectivity index (χ2v) is 6.89. The predicted molar refractivity (Wildman–Crippen MR) is 134 cm³/mol. The third-order valence-electron chi connectivity index (χ3n) is 4.70. The Kier molecular flexibility index (Phi) is 10.8. The fourth-order valence-electron chi connectivity index (χ4n) is 3.00. The van der Waals surface area contributed by atoms with E-state index in [1.54, 1.807) is 14.2 Å². The van der Waals surface area contributed by atoms with Crippen molar-refractivity contribution in [2.45, 2.75) is 32.2 Å². The van der Waals surface area contributed by atoms with E-state index >= 15 is 0 Å². The van der Waals surface area contributed by atoms with Crippen LogP contribution in [0, 0.1) is 0 Å². The molecule has 0 spiro atoms. The highest BCUT2D eigenvalue weighted by molar-refractivity contribution is 14.0. The van der Waals surface area contributed by atoms with Crippen molar-refractivity contribution in [3.63, 3.8) is 0 Å². The summed E-state index contributed by atoms with van der Waals surface area (Å²) < 4.78 is 10.5. The first-order chi connectivity index (χ1) is 14.8. The molecule has 0 radical (unpaired) electrons. The van der Waals surface area contributed by atoms with Crippen molar-refractivity contribution in [2.24, 2.45) is 4.99 Å². The molecule has 1 heterocycles. The van der Waals surface area contributed by atoms with E-state index in [0.717, 1.165) is 56.0 Å². The molecule has 0 unspecified atom stereocenters. The average molecular weight is 535 g/mol. The third kappa shape index (κ3) is 8.20. The Labute approximate surface area is 200 Å². The van der Waals surface area contributed by atoms with Crippen molar-refractivity contribution in [3.8, 4) is 17.1 Å². The number of aryl methyl sites for hydroxylation is 1. The van der Waals surface area contributed by atoms with Crippen LogP contribution in [0.25, 0.3) is 11.4 Å². The Morgan fingerprint density at radius 1 is 1.00 bits per heavy atom. The highest BCUT2D eigenvalue weighted by Gasteiger charge is 2.08. The summed E-state index contributed by atoms with van der Waals surface area (Å²) in [6.45, 7) is 1.63. The van der Waals surface area contributed by atoms with E-state index in [1.807, 2.05) is 42.5 Å². The lowest BCUT2D eigenvalue weighted by Crippen LogP contribution is -2.37. The Balaban J connectivity index is 0.00000341. The molecule has 8 heteroatoms. The van der Waals surface area contributed by atoms with Crippen molar-refractivity contribution < 1.29 is 9.26 Å². The maximum Gasteiger partial charge on any atom is 0.226 e. The van der Waals surface area contributed by atoms with Gasteiger partial charge in [0, 0.05) is 32.1 Å². The molecule has 0 aliphatic carbocycles. The molecule has 3 aromatic rings. The van der Waals surface area contributed by atoms with Gasteiger partial charge in [-0.2, -0.15) is 4.98 Å². The first-order valence-electron chi connectivity index (χ1n) is 10.2. The first-order valence-corrected chi connectivity index (χ1v) is 10.2. The molecule has 0 amide bonds.